The summed E-state index contributed by atoms with van der Waals surface area (Å²) in [4.78, 5) is 28.1. The van der Waals surface area contributed by atoms with Crippen LogP contribution in [-0.4, -0.2) is 52.7 Å². The number of amides is 1. The molecular weight excluding hydrogens is 286 g/mol. The van der Waals surface area contributed by atoms with Crippen LogP contribution in [0, 0.1) is 0 Å². The second-order valence-corrected chi connectivity index (χ2v) is 5.35. The monoisotopic (exact) mass is 307 g/mol. The summed E-state index contributed by atoms with van der Waals surface area (Å²) in [7, 11) is 0. The highest BCUT2D eigenvalue weighted by molar-refractivity contribution is 5.80. The molecule has 0 aromatic carbocycles. The quantitative estimate of drug-likeness (QED) is 0.801. The second-order valence-electron chi connectivity index (χ2n) is 5.35. The topological polar surface area (TPSA) is 106 Å². The molecule has 0 saturated carbocycles. The molecule has 22 heavy (non-hydrogen) atoms. The smallest absolute Gasteiger partial charge is 0.303 e. The summed E-state index contributed by atoms with van der Waals surface area (Å²) < 4.78 is 5.68. The minimum atomic E-state index is -0.951. The lowest BCUT2D eigenvalue weighted by molar-refractivity contribution is -0.144. The zero-order chi connectivity index (χ0) is 15.9. The third-order valence-electron chi connectivity index (χ3n) is 3.64. The van der Waals surface area contributed by atoms with Gasteiger partial charge in [-0.3, -0.25) is 9.59 Å². The Labute approximate surface area is 129 Å². The van der Waals surface area contributed by atoms with Gasteiger partial charge in [0, 0.05) is 25.7 Å². The molecule has 0 aliphatic carbocycles. The van der Waals surface area contributed by atoms with Gasteiger partial charge >= 0.3 is 5.97 Å². The number of pyridine rings is 1. The fourth-order valence-corrected chi connectivity index (χ4v) is 2.47. The lowest BCUT2D eigenvalue weighted by atomic mass is 10.1. The number of hydrogen-bond donors (Lipinski definition) is 2. The standard InChI is InChI=1S/C15H21N3O4/c16-13-9-11(5-6-17-13)1-2-12-10-18(7-8-22-12)14(19)3-4-15(20)21/h5-6,9,12H,1-4,7-8,10H2,(H2,16,17)(H,20,21)/t12-/m1/s1. The normalized spacial score (nSPS) is 18.2. The number of rotatable bonds is 6. The van der Waals surface area contributed by atoms with E-state index in [0.717, 1.165) is 18.4 Å². The van der Waals surface area contributed by atoms with E-state index in [0.29, 0.717) is 25.5 Å². The van der Waals surface area contributed by atoms with Gasteiger partial charge in [0.05, 0.1) is 19.1 Å². The van der Waals surface area contributed by atoms with Crippen molar-refractivity contribution in [2.24, 2.45) is 0 Å². The minimum Gasteiger partial charge on any atom is -0.481 e. The maximum Gasteiger partial charge on any atom is 0.303 e. The van der Waals surface area contributed by atoms with Crippen LogP contribution in [0.2, 0.25) is 0 Å². The molecule has 1 aliphatic rings. The maximum absolute atomic E-state index is 11.9. The van der Waals surface area contributed by atoms with E-state index in [1.165, 1.54) is 0 Å². The number of carboxylic acid groups (broad SMARTS) is 1. The Morgan fingerprint density at radius 3 is 3.00 bits per heavy atom. The molecule has 1 fully saturated rings. The van der Waals surface area contributed by atoms with Crippen molar-refractivity contribution in [1.82, 2.24) is 9.88 Å². The number of carboxylic acids is 1. The number of aromatic nitrogens is 1. The minimum absolute atomic E-state index is 0.0306. The molecule has 1 amide bonds. The van der Waals surface area contributed by atoms with Gasteiger partial charge in [0.1, 0.15) is 5.82 Å². The molecule has 3 N–H and O–H groups in total. The number of ether oxygens (including phenoxy) is 1. The number of anilines is 1. The molecule has 1 aromatic heterocycles. The molecule has 1 atom stereocenters. The highest BCUT2D eigenvalue weighted by Crippen LogP contribution is 2.14. The number of aryl methyl sites for hydroxylation is 1. The van der Waals surface area contributed by atoms with Gasteiger partial charge in [-0.05, 0) is 30.5 Å². The summed E-state index contributed by atoms with van der Waals surface area (Å²) in [5.74, 6) is -0.579. The maximum atomic E-state index is 11.9. The van der Waals surface area contributed by atoms with Crippen LogP contribution in [0.15, 0.2) is 18.3 Å². The Kier molecular flexibility index (Phi) is 5.71. The average Bonchev–Trinajstić information content (AvgIpc) is 2.51. The molecule has 7 nitrogen and oxygen atoms in total. The predicted molar refractivity (Wildman–Crippen MR) is 80.2 cm³/mol. The van der Waals surface area contributed by atoms with Gasteiger partial charge in [-0.15, -0.1) is 0 Å². The molecule has 0 radical (unpaired) electrons. The molecular formula is C15H21N3O4. The van der Waals surface area contributed by atoms with Crippen molar-refractivity contribution in [2.75, 3.05) is 25.4 Å². The third-order valence-corrected chi connectivity index (χ3v) is 3.64. The number of aliphatic carboxylic acids is 1. The van der Waals surface area contributed by atoms with Crippen LogP contribution in [0.3, 0.4) is 0 Å². The number of nitrogens with two attached hydrogens (primary N) is 1. The van der Waals surface area contributed by atoms with Gasteiger partial charge in [-0.1, -0.05) is 0 Å². The van der Waals surface area contributed by atoms with Gasteiger partial charge in [0.25, 0.3) is 0 Å². The number of hydrogen-bond acceptors (Lipinski definition) is 5. The lowest BCUT2D eigenvalue weighted by Gasteiger charge is -2.33. The SMILES string of the molecule is Nc1cc(CC[C@@H]2CN(C(=O)CCC(=O)O)CCO2)ccn1. The summed E-state index contributed by atoms with van der Waals surface area (Å²) in [6.45, 7) is 1.53. The van der Waals surface area contributed by atoms with Crippen molar-refractivity contribution >= 4 is 17.7 Å². The molecule has 0 bridgehead atoms. The van der Waals surface area contributed by atoms with Crippen LogP contribution < -0.4 is 5.73 Å². The fourth-order valence-electron chi connectivity index (χ4n) is 2.47. The van der Waals surface area contributed by atoms with Crippen LogP contribution in [0.25, 0.3) is 0 Å². The molecule has 1 aliphatic heterocycles. The van der Waals surface area contributed by atoms with Crippen LogP contribution in [-0.2, 0) is 20.7 Å². The first kappa shape index (κ1) is 16.2. The van der Waals surface area contributed by atoms with Crippen molar-refractivity contribution in [3.05, 3.63) is 23.9 Å². The number of morpholine rings is 1. The molecule has 0 spiro atoms. The molecule has 2 rings (SSSR count). The van der Waals surface area contributed by atoms with E-state index in [-0.39, 0.29) is 24.9 Å². The van der Waals surface area contributed by atoms with Crippen molar-refractivity contribution in [1.29, 1.82) is 0 Å². The van der Waals surface area contributed by atoms with Crippen LogP contribution in [0.5, 0.6) is 0 Å². The predicted octanol–water partition coefficient (Wildman–Crippen LogP) is 0.689. The summed E-state index contributed by atoms with van der Waals surface area (Å²) in [5.41, 5.74) is 6.73. The molecule has 0 unspecified atom stereocenters. The van der Waals surface area contributed by atoms with Crippen molar-refractivity contribution in [3.8, 4) is 0 Å². The van der Waals surface area contributed by atoms with Crippen LogP contribution in [0.1, 0.15) is 24.8 Å². The van der Waals surface area contributed by atoms with Gasteiger partial charge in [0.2, 0.25) is 5.91 Å². The number of carbonyl (C=O) groups is 2. The number of nitrogens with zero attached hydrogens (tertiary/aromatic N) is 2. The van der Waals surface area contributed by atoms with Gasteiger partial charge < -0.3 is 20.5 Å². The highest BCUT2D eigenvalue weighted by atomic mass is 16.5. The van der Waals surface area contributed by atoms with E-state index in [1.54, 1.807) is 11.1 Å². The fraction of sp³-hybridized carbons (Fsp3) is 0.533. The third kappa shape index (κ3) is 5.00. The Morgan fingerprint density at radius 1 is 1.45 bits per heavy atom. The Hall–Kier alpha value is -2.15. The Bertz CT molecular complexity index is 535. The Balaban J connectivity index is 1.80. The van der Waals surface area contributed by atoms with Gasteiger partial charge in [-0.25, -0.2) is 4.98 Å². The van der Waals surface area contributed by atoms with Crippen molar-refractivity contribution < 1.29 is 19.4 Å². The largest absolute Gasteiger partial charge is 0.481 e. The van der Waals surface area contributed by atoms with E-state index in [2.05, 4.69) is 4.98 Å². The van der Waals surface area contributed by atoms with E-state index in [4.69, 9.17) is 15.6 Å². The summed E-state index contributed by atoms with van der Waals surface area (Å²) in [6, 6.07) is 3.74. The number of carbonyl (C=O) groups excluding carboxylic acids is 1. The van der Waals surface area contributed by atoms with E-state index in [9.17, 15) is 9.59 Å². The summed E-state index contributed by atoms with van der Waals surface area (Å²) in [5, 5.41) is 8.63. The van der Waals surface area contributed by atoms with Crippen LogP contribution in [0.4, 0.5) is 5.82 Å². The number of nitrogen functional groups attached to an aromatic ring is 1. The first-order valence-corrected chi connectivity index (χ1v) is 7.36. The summed E-state index contributed by atoms with van der Waals surface area (Å²) >= 11 is 0. The zero-order valence-corrected chi connectivity index (χ0v) is 12.4. The van der Waals surface area contributed by atoms with Crippen molar-refractivity contribution in [2.45, 2.75) is 31.8 Å². The molecule has 7 heteroatoms. The van der Waals surface area contributed by atoms with Gasteiger partial charge in [0.15, 0.2) is 0 Å². The van der Waals surface area contributed by atoms with E-state index < -0.39 is 5.97 Å². The highest BCUT2D eigenvalue weighted by Gasteiger charge is 2.24. The first-order valence-electron chi connectivity index (χ1n) is 7.36. The van der Waals surface area contributed by atoms with Crippen molar-refractivity contribution in [3.63, 3.8) is 0 Å². The molecule has 1 aromatic rings. The molecule has 2 heterocycles. The Morgan fingerprint density at radius 2 is 2.27 bits per heavy atom. The van der Waals surface area contributed by atoms with Gasteiger partial charge in [-0.2, -0.15) is 0 Å². The average molecular weight is 307 g/mol. The zero-order valence-electron chi connectivity index (χ0n) is 12.4. The summed E-state index contributed by atoms with van der Waals surface area (Å²) in [6.07, 6.45) is 3.14. The lowest BCUT2D eigenvalue weighted by Crippen LogP contribution is -2.45. The molecule has 120 valence electrons. The van der Waals surface area contributed by atoms with E-state index >= 15 is 0 Å². The first-order chi connectivity index (χ1) is 10.5. The van der Waals surface area contributed by atoms with E-state index in [1.807, 2.05) is 12.1 Å². The molecule has 1 saturated heterocycles. The second kappa shape index (κ2) is 7.74. The van der Waals surface area contributed by atoms with Crippen LogP contribution >= 0.6 is 0 Å².